The number of carbonyl (C=O) groups is 1. The average Bonchev–Trinajstić information content (AvgIpc) is 2.83. The molecule has 1 aromatic rings. The minimum absolute atomic E-state index is 0.363. The second-order valence-corrected chi connectivity index (χ2v) is 4.00. The first kappa shape index (κ1) is 10.2. The lowest BCUT2D eigenvalue weighted by atomic mass is 9.90. The van der Waals surface area contributed by atoms with Crippen LogP contribution in [-0.4, -0.2) is 24.3 Å². The van der Waals surface area contributed by atoms with E-state index in [1.807, 2.05) is 13.0 Å². The first-order chi connectivity index (χ1) is 7.12. The Morgan fingerprint density at radius 3 is 2.67 bits per heavy atom. The molecule has 1 aromatic heterocycles. The summed E-state index contributed by atoms with van der Waals surface area (Å²) in [5.41, 5.74) is 0.606. The maximum atomic E-state index is 11.1. The first-order valence-electron chi connectivity index (χ1n) is 4.92. The van der Waals surface area contributed by atoms with E-state index in [-0.39, 0.29) is 5.41 Å². The zero-order valence-corrected chi connectivity index (χ0v) is 8.82. The van der Waals surface area contributed by atoms with Gasteiger partial charge in [-0.2, -0.15) is 0 Å². The highest BCUT2D eigenvalue weighted by molar-refractivity contribution is 5.76. The van der Waals surface area contributed by atoms with Crippen molar-refractivity contribution in [3.8, 4) is 0 Å². The van der Waals surface area contributed by atoms with Crippen molar-refractivity contribution in [1.82, 2.24) is 0 Å². The van der Waals surface area contributed by atoms with Crippen molar-refractivity contribution in [2.75, 3.05) is 7.11 Å². The molecule has 15 heavy (non-hydrogen) atoms. The van der Waals surface area contributed by atoms with Crippen LogP contribution in [0.5, 0.6) is 0 Å². The van der Waals surface area contributed by atoms with E-state index >= 15 is 0 Å². The molecule has 1 N–H and O–H groups in total. The fourth-order valence-electron chi connectivity index (χ4n) is 2.27. The van der Waals surface area contributed by atoms with Crippen LogP contribution in [0.1, 0.15) is 24.2 Å². The molecule has 0 bridgehead atoms. The van der Waals surface area contributed by atoms with E-state index < -0.39 is 12.1 Å². The molecule has 1 aliphatic rings. The third kappa shape index (κ3) is 1.45. The molecule has 4 nitrogen and oxygen atoms in total. The second kappa shape index (κ2) is 3.38. The molecule has 0 amide bonds. The summed E-state index contributed by atoms with van der Waals surface area (Å²) in [6.45, 7) is 1.85. The molecule has 1 heterocycles. The van der Waals surface area contributed by atoms with Crippen molar-refractivity contribution < 1.29 is 19.1 Å². The highest BCUT2D eigenvalue weighted by Gasteiger charge is 2.55. The van der Waals surface area contributed by atoms with Crippen LogP contribution in [0.4, 0.5) is 0 Å². The van der Waals surface area contributed by atoms with Crippen LogP contribution in [0.15, 0.2) is 16.7 Å². The maximum Gasteiger partial charge on any atom is 0.333 e. The van der Waals surface area contributed by atoms with E-state index in [0.29, 0.717) is 0 Å². The van der Waals surface area contributed by atoms with Gasteiger partial charge in [-0.15, -0.1) is 0 Å². The zero-order valence-electron chi connectivity index (χ0n) is 8.82. The number of furan rings is 1. The monoisotopic (exact) mass is 210 g/mol. The van der Waals surface area contributed by atoms with Crippen molar-refractivity contribution in [3.05, 3.63) is 23.7 Å². The van der Waals surface area contributed by atoms with Crippen molar-refractivity contribution in [3.63, 3.8) is 0 Å². The second-order valence-electron chi connectivity index (χ2n) is 4.00. The summed E-state index contributed by atoms with van der Waals surface area (Å²) in [7, 11) is 1.44. The van der Waals surface area contributed by atoms with Crippen LogP contribution in [-0.2, 0) is 14.9 Å². The number of aryl methyl sites for hydroxylation is 1. The summed E-state index contributed by atoms with van der Waals surface area (Å²) in [6, 6.07) is 1.84. The van der Waals surface area contributed by atoms with E-state index in [9.17, 15) is 4.79 Å². The molecule has 1 saturated carbocycles. The van der Waals surface area contributed by atoms with Crippen LogP contribution < -0.4 is 0 Å². The van der Waals surface area contributed by atoms with Crippen LogP contribution in [0.3, 0.4) is 0 Å². The number of carboxylic acid groups (broad SMARTS) is 1. The third-order valence-corrected chi connectivity index (χ3v) is 3.15. The third-order valence-electron chi connectivity index (χ3n) is 3.15. The van der Waals surface area contributed by atoms with Gasteiger partial charge in [0, 0.05) is 18.1 Å². The van der Waals surface area contributed by atoms with Gasteiger partial charge in [-0.25, -0.2) is 4.79 Å². The van der Waals surface area contributed by atoms with Gasteiger partial charge in [-0.3, -0.25) is 0 Å². The van der Waals surface area contributed by atoms with E-state index in [2.05, 4.69) is 0 Å². The Kier molecular flexibility index (Phi) is 2.31. The lowest BCUT2D eigenvalue weighted by molar-refractivity contribution is -0.150. The van der Waals surface area contributed by atoms with Gasteiger partial charge in [-0.05, 0) is 25.8 Å². The molecular formula is C11H14O4. The lowest BCUT2D eigenvalue weighted by Crippen LogP contribution is -2.35. The summed E-state index contributed by atoms with van der Waals surface area (Å²) >= 11 is 0. The lowest BCUT2D eigenvalue weighted by Gasteiger charge is -2.21. The molecule has 1 unspecified atom stereocenters. The van der Waals surface area contributed by atoms with Gasteiger partial charge in [0.05, 0.1) is 6.26 Å². The summed E-state index contributed by atoms with van der Waals surface area (Å²) in [5.74, 6) is -0.119. The Bertz CT molecular complexity index is 376. The molecule has 1 aliphatic carbocycles. The van der Waals surface area contributed by atoms with Crippen molar-refractivity contribution in [1.29, 1.82) is 0 Å². The fraction of sp³-hybridized carbons (Fsp3) is 0.545. The van der Waals surface area contributed by atoms with Gasteiger partial charge in [0.2, 0.25) is 0 Å². The van der Waals surface area contributed by atoms with Crippen LogP contribution >= 0.6 is 0 Å². The molecule has 0 aliphatic heterocycles. The molecule has 0 aromatic carbocycles. The normalized spacial score (nSPS) is 19.9. The van der Waals surface area contributed by atoms with E-state index in [1.165, 1.54) is 7.11 Å². The average molecular weight is 210 g/mol. The highest BCUT2D eigenvalue weighted by atomic mass is 16.5. The zero-order chi connectivity index (χ0) is 11.1. The number of carboxylic acids is 1. The molecule has 4 heteroatoms. The van der Waals surface area contributed by atoms with Crippen molar-refractivity contribution >= 4 is 5.97 Å². The molecule has 0 saturated heterocycles. The Balaban J connectivity index is 2.35. The predicted molar refractivity (Wildman–Crippen MR) is 52.8 cm³/mol. The van der Waals surface area contributed by atoms with Gasteiger partial charge in [0.25, 0.3) is 0 Å². The largest absolute Gasteiger partial charge is 0.479 e. The Hall–Kier alpha value is -1.29. The van der Waals surface area contributed by atoms with Gasteiger partial charge in [0.1, 0.15) is 5.76 Å². The molecule has 82 valence electrons. The number of methoxy groups -OCH3 is 1. The maximum absolute atomic E-state index is 11.1. The summed E-state index contributed by atoms with van der Waals surface area (Å²) in [6.07, 6.45) is 2.52. The quantitative estimate of drug-likeness (QED) is 0.822. The van der Waals surface area contributed by atoms with Crippen LogP contribution in [0.2, 0.25) is 0 Å². The van der Waals surface area contributed by atoms with E-state index in [4.69, 9.17) is 14.3 Å². The van der Waals surface area contributed by atoms with Crippen molar-refractivity contribution in [2.45, 2.75) is 31.3 Å². The van der Waals surface area contributed by atoms with Gasteiger partial charge in [-0.1, -0.05) is 0 Å². The van der Waals surface area contributed by atoms with E-state index in [1.54, 1.807) is 6.26 Å². The first-order valence-corrected chi connectivity index (χ1v) is 4.92. The van der Waals surface area contributed by atoms with Crippen LogP contribution in [0, 0.1) is 6.92 Å². The van der Waals surface area contributed by atoms with Crippen LogP contribution in [0.25, 0.3) is 0 Å². The molecule has 1 atom stereocenters. The van der Waals surface area contributed by atoms with Gasteiger partial charge in [0.15, 0.2) is 6.10 Å². The molecule has 1 fully saturated rings. The van der Waals surface area contributed by atoms with Gasteiger partial charge < -0.3 is 14.3 Å². The number of aliphatic carboxylic acids is 1. The summed E-state index contributed by atoms with van der Waals surface area (Å²) < 4.78 is 10.3. The molecule has 2 rings (SSSR count). The molecule has 0 radical (unpaired) electrons. The minimum atomic E-state index is -0.907. The topological polar surface area (TPSA) is 59.7 Å². The number of rotatable bonds is 4. The predicted octanol–water partition coefficient (Wildman–Crippen LogP) is 1.72. The Labute approximate surface area is 87.8 Å². The number of hydrogen-bond acceptors (Lipinski definition) is 3. The Morgan fingerprint density at radius 2 is 2.33 bits per heavy atom. The minimum Gasteiger partial charge on any atom is -0.479 e. The number of hydrogen-bond donors (Lipinski definition) is 1. The SMILES string of the molecule is COC(C(=O)O)C1(c2ccoc2C)CC1. The van der Waals surface area contributed by atoms with Gasteiger partial charge >= 0.3 is 5.97 Å². The fourth-order valence-corrected chi connectivity index (χ4v) is 2.27. The Morgan fingerprint density at radius 1 is 1.67 bits per heavy atom. The standard InChI is InChI=1S/C11H14O4/c1-7-8(3-6-15-7)11(4-5-11)9(14-2)10(12)13/h3,6,9H,4-5H2,1-2H3,(H,12,13). The summed E-state index contributed by atoms with van der Waals surface area (Å²) in [4.78, 5) is 11.1. The molecule has 0 spiro atoms. The van der Waals surface area contributed by atoms with E-state index in [0.717, 1.165) is 24.2 Å². The number of ether oxygens (including phenoxy) is 1. The molecular weight excluding hydrogens is 196 g/mol. The highest BCUT2D eigenvalue weighted by Crippen LogP contribution is 2.53. The summed E-state index contributed by atoms with van der Waals surface area (Å²) in [5, 5.41) is 9.08. The van der Waals surface area contributed by atoms with Crippen molar-refractivity contribution in [2.24, 2.45) is 0 Å². The smallest absolute Gasteiger partial charge is 0.333 e.